The van der Waals surface area contributed by atoms with Crippen molar-refractivity contribution in [1.82, 2.24) is 10.2 Å². The Hall–Kier alpha value is -2.28. The highest BCUT2D eigenvalue weighted by Gasteiger charge is 2.26. The lowest BCUT2D eigenvalue weighted by atomic mass is 10.1. The van der Waals surface area contributed by atoms with Crippen LogP contribution in [0.3, 0.4) is 0 Å². The van der Waals surface area contributed by atoms with Crippen LogP contribution in [0.15, 0.2) is 59.1 Å². The average Bonchev–Trinajstić information content (AvgIpc) is 2.78. The van der Waals surface area contributed by atoms with Gasteiger partial charge in [-0.05, 0) is 57.4 Å². The first-order valence-electron chi connectivity index (χ1n) is 9.57. The maximum absolute atomic E-state index is 13.1. The molecular formula is C23H21BrCl2N2O3. The molecule has 1 atom stereocenters. The summed E-state index contributed by atoms with van der Waals surface area (Å²) in [5.74, 6) is -0.0586. The predicted octanol–water partition coefficient (Wildman–Crippen LogP) is 5.45. The molecule has 0 unspecified atom stereocenters. The van der Waals surface area contributed by atoms with Crippen LogP contribution < -0.4 is 10.1 Å². The van der Waals surface area contributed by atoms with E-state index in [9.17, 15) is 9.59 Å². The first-order chi connectivity index (χ1) is 14.8. The van der Waals surface area contributed by atoms with Gasteiger partial charge in [-0.2, -0.15) is 0 Å². The van der Waals surface area contributed by atoms with Gasteiger partial charge in [-0.15, -0.1) is 0 Å². The van der Waals surface area contributed by atoms with Gasteiger partial charge in [0, 0.05) is 13.6 Å². The fourth-order valence-electron chi connectivity index (χ4n) is 3.17. The molecule has 0 aliphatic rings. The Kier molecular flexibility index (Phi) is 7.81. The number of ether oxygens (including phenoxy) is 1. The number of carbonyl (C=O) groups excluding carboxylic acids is 2. The molecule has 3 aromatic rings. The van der Waals surface area contributed by atoms with E-state index in [2.05, 4.69) is 21.2 Å². The van der Waals surface area contributed by atoms with Gasteiger partial charge in [0.05, 0.1) is 14.5 Å². The second-order valence-electron chi connectivity index (χ2n) is 6.95. The van der Waals surface area contributed by atoms with Gasteiger partial charge in [0.1, 0.15) is 11.8 Å². The Morgan fingerprint density at radius 3 is 2.55 bits per heavy atom. The molecule has 0 aliphatic carbocycles. The Labute approximate surface area is 199 Å². The van der Waals surface area contributed by atoms with Crippen LogP contribution in [-0.4, -0.2) is 36.4 Å². The Balaban J connectivity index is 1.80. The van der Waals surface area contributed by atoms with E-state index in [-0.39, 0.29) is 25.0 Å². The highest BCUT2D eigenvalue weighted by Crippen LogP contribution is 2.33. The standard InChI is InChI=1S/C23H21BrCl2N2O3/c1-14(23(30)27-2)28(12-15-7-9-18(25)19(26)11-15)21(29)13-31-20-10-8-16-5-3-4-6-17(16)22(20)24/h3-11,14H,12-13H2,1-2H3,(H,27,30)/t14-/m0/s1. The second-order valence-corrected chi connectivity index (χ2v) is 8.56. The van der Waals surface area contributed by atoms with E-state index in [1.165, 1.54) is 11.9 Å². The van der Waals surface area contributed by atoms with Crippen LogP contribution in [0.4, 0.5) is 0 Å². The lowest BCUT2D eigenvalue weighted by molar-refractivity contribution is -0.142. The van der Waals surface area contributed by atoms with E-state index in [0.29, 0.717) is 15.8 Å². The van der Waals surface area contributed by atoms with E-state index in [1.807, 2.05) is 36.4 Å². The number of rotatable bonds is 7. The van der Waals surface area contributed by atoms with Crippen LogP contribution in [0.2, 0.25) is 10.0 Å². The number of halogens is 3. The van der Waals surface area contributed by atoms with Gasteiger partial charge in [-0.3, -0.25) is 9.59 Å². The number of nitrogens with one attached hydrogen (secondary N) is 1. The Bertz CT molecular complexity index is 1120. The molecule has 0 radical (unpaired) electrons. The summed E-state index contributed by atoms with van der Waals surface area (Å²) >= 11 is 15.7. The van der Waals surface area contributed by atoms with Crippen molar-refractivity contribution in [3.8, 4) is 5.75 Å². The number of nitrogens with zero attached hydrogens (tertiary/aromatic N) is 1. The summed E-state index contributed by atoms with van der Waals surface area (Å²) in [7, 11) is 1.53. The number of likely N-dealkylation sites (N-methyl/N-ethyl adjacent to an activating group) is 1. The molecule has 0 aliphatic heterocycles. The van der Waals surface area contributed by atoms with Crippen molar-refractivity contribution < 1.29 is 14.3 Å². The Morgan fingerprint density at radius 1 is 1.10 bits per heavy atom. The summed E-state index contributed by atoms with van der Waals surface area (Å²) < 4.78 is 6.59. The lowest BCUT2D eigenvalue weighted by Crippen LogP contribution is -2.48. The second kappa shape index (κ2) is 10.4. The molecular weight excluding hydrogens is 503 g/mol. The molecule has 162 valence electrons. The van der Waals surface area contributed by atoms with Crippen molar-refractivity contribution in [2.45, 2.75) is 19.5 Å². The third kappa shape index (κ3) is 5.50. The zero-order valence-corrected chi connectivity index (χ0v) is 20.1. The van der Waals surface area contributed by atoms with Gasteiger partial charge in [-0.1, -0.05) is 59.6 Å². The normalized spacial score (nSPS) is 11.8. The highest BCUT2D eigenvalue weighted by atomic mass is 79.9. The van der Waals surface area contributed by atoms with Gasteiger partial charge in [0.25, 0.3) is 5.91 Å². The van der Waals surface area contributed by atoms with Gasteiger partial charge in [-0.25, -0.2) is 0 Å². The number of fused-ring (bicyclic) bond motifs is 1. The lowest BCUT2D eigenvalue weighted by Gasteiger charge is -2.28. The fourth-order valence-corrected chi connectivity index (χ4v) is 4.10. The van der Waals surface area contributed by atoms with Gasteiger partial charge >= 0.3 is 0 Å². The largest absolute Gasteiger partial charge is 0.483 e. The van der Waals surface area contributed by atoms with Crippen molar-refractivity contribution in [2.24, 2.45) is 0 Å². The van der Waals surface area contributed by atoms with Gasteiger partial charge < -0.3 is 15.0 Å². The summed E-state index contributed by atoms with van der Waals surface area (Å²) in [6.07, 6.45) is 0. The number of carbonyl (C=O) groups is 2. The molecule has 1 N–H and O–H groups in total. The topological polar surface area (TPSA) is 58.6 Å². The smallest absolute Gasteiger partial charge is 0.261 e. The summed E-state index contributed by atoms with van der Waals surface area (Å²) in [6.45, 7) is 1.63. The molecule has 0 fully saturated rings. The van der Waals surface area contributed by atoms with Crippen molar-refractivity contribution >= 4 is 61.7 Å². The molecule has 0 bridgehead atoms. The van der Waals surface area contributed by atoms with Crippen molar-refractivity contribution in [3.05, 3.63) is 74.7 Å². The molecule has 0 saturated heterocycles. The zero-order chi connectivity index (χ0) is 22.5. The maximum atomic E-state index is 13.1. The minimum Gasteiger partial charge on any atom is -0.483 e. The third-order valence-corrected chi connectivity index (χ3v) is 6.49. The van der Waals surface area contributed by atoms with Crippen LogP contribution in [0.5, 0.6) is 5.75 Å². The minimum atomic E-state index is -0.699. The van der Waals surface area contributed by atoms with Gasteiger partial charge in [0.2, 0.25) is 5.91 Å². The SMILES string of the molecule is CNC(=O)[C@H](C)N(Cc1ccc(Cl)c(Cl)c1)C(=O)COc1ccc2ccccc2c1Br. The summed E-state index contributed by atoms with van der Waals surface area (Å²) in [5.41, 5.74) is 0.755. The zero-order valence-electron chi connectivity index (χ0n) is 17.0. The number of hydrogen-bond donors (Lipinski definition) is 1. The fraction of sp³-hybridized carbons (Fsp3) is 0.217. The monoisotopic (exact) mass is 522 g/mol. The minimum absolute atomic E-state index is 0.187. The van der Waals surface area contributed by atoms with E-state index in [0.717, 1.165) is 20.8 Å². The predicted molar refractivity (Wildman–Crippen MR) is 128 cm³/mol. The summed E-state index contributed by atoms with van der Waals surface area (Å²) in [4.78, 5) is 26.8. The third-order valence-electron chi connectivity index (χ3n) is 4.93. The van der Waals surface area contributed by atoms with E-state index >= 15 is 0 Å². The first-order valence-corrected chi connectivity index (χ1v) is 11.1. The molecule has 3 rings (SSSR count). The molecule has 0 spiro atoms. The highest BCUT2D eigenvalue weighted by molar-refractivity contribution is 9.10. The number of amides is 2. The molecule has 31 heavy (non-hydrogen) atoms. The van der Waals surface area contributed by atoms with Crippen LogP contribution >= 0.6 is 39.1 Å². The number of benzene rings is 3. The Morgan fingerprint density at radius 2 is 1.84 bits per heavy atom. The quantitative estimate of drug-likeness (QED) is 0.448. The first kappa shape index (κ1) is 23.4. The molecule has 0 heterocycles. The van der Waals surface area contributed by atoms with E-state index in [4.69, 9.17) is 27.9 Å². The molecule has 0 aromatic heterocycles. The average molecular weight is 524 g/mol. The van der Waals surface area contributed by atoms with E-state index in [1.54, 1.807) is 25.1 Å². The van der Waals surface area contributed by atoms with Crippen LogP contribution in [0, 0.1) is 0 Å². The summed E-state index contributed by atoms with van der Waals surface area (Å²) in [5, 5.41) is 5.43. The van der Waals surface area contributed by atoms with Crippen molar-refractivity contribution in [1.29, 1.82) is 0 Å². The molecule has 8 heteroatoms. The van der Waals surface area contributed by atoms with E-state index < -0.39 is 6.04 Å². The maximum Gasteiger partial charge on any atom is 0.261 e. The van der Waals surface area contributed by atoms with Crippen LogP contribution in [0.1, 0.15) is 12.5 Å². The molecule has 3 aromatic carbocycles. The van der Waals surface area contributed by atoms with Crippen molar-refractivity contribution in [3.63, 3.8) is 0 Å². The number of hydrogen-bond acceptors (Lipinski definition) is 3. The molecule has 5 nitrogen and oxygen atoms in total. The van der Waals surface area contributed by atoms with Crippen molar-refractivity contribution in [2.75, 3.05) is 13.7 Å². The summed E-state index contributed by atoms with van der Waals surface area (Å²) in [6, 6.07) is 16.0. The molecule has 0 saturated carbocycles. The van der Waals surface area contributed by atoms with Gasteiger partial charge in [0.15, 0.2) is 6.61 Å². The molecule has 2 amide bonds. The van der Waals surface area contributed by atoms with Crippen LogP contribution in [0.25, 0.3) is 10.8 Å². The van der Waals surface area contributed by atoms with Crippen LogP contribution in [-0.2, 0) is 16.1 Å².